The molecule has 2 aliphatic rings. The maximum absolute atomic E-state index is 13.7. The van der Waals surface area contributed by atoms with Gasteiger partial charge in [-0.1, -0.05) is 18.6 Å². The maximum Gasteiger partial charge on any atom is 0.407 e. The van der Waals surface area contributed by atoms with E-state index in [9.17, 15) is 23.2 Å². The average Bonchev–Trinajstić information content (AvgIpc) is 3.17. The first kappa shape index (κ1) is 23.4. The van der Waals surface area contributed by atoms with Crippen LogP contribution in [-0.4, -0.2) is 40.2 Å². The number of aromatic amines is 1. The maximum atomic E-state index is 13.7. The minimum absolute atomic E-state index is 0.123. The summed E-state index contributed by atoms with van der Waals surface area (Å²) in [7, 11) is 0. The Morgan fingerprint density at radius 3 is 2.63 bits per heavy atom. The second-order valence-electron chi connectivity index (χ2n) is 9.04. The van der Waals surface area contributed by atoms with Gasteiger partial charge in [0.25, 0.3) is 5.56 Å². The smallest absolute Gasteiger partial charge is 0.379 e. The van der Waals surface area contributed by atoms with Crippen molar-refractivity contribution in [2.24, 2.45) is 5.92 Å². The predicted molar refractivity (Wildman–Crippen MR) is 123 cm³/mol. The fourth-order valence-corrected chi connectivity index (χ4v) is 4.64. The minimum atomic E-state index is -4.41. The highest BCUT2D eigenvalue weighted by atomic mass is 19.4. The van der Waals surface area contributed by atoms with Crippen molar-refractivity contribution in [3.63, 3.8) is 0 Å². The van der Waals surface area contributed by atoms with Crippen LogP contribution in [0.2, 0.25) is 0 Å². The monoisotopic (exact) mass is 486 g/mol. The Kier molecular flexibility index (Phi) is 6.25. The van der Waals surface area contributed by atoms with E-state index in [1.807, 2.05) is 0 Å². The summed E-state index contributed by atoms with van der Waals surface area (Å²) in [6.45, 7) is 0.781. The number of hydrogen-bond acceptors (Lipinski definition) is 6. The lowest BCUT2D eigenvalue weighted by Crippen LogP contribution is -2.43. The van der Waals surface area contributed by atoms with Crippen LogP contribution in [0.3, 0.4) is 0 Å². The molecule has 2 fully saturated rings. The van der Waals surface area contributed by atoms with E-state index in [4.69, 9.17) is 4.74 Å². The van der Waals surface area contributed by atoms with Gasteiger partial charge in [-0.2, -0.15) is 23.5 Å². The molecule has 1 saturated heterocycles. The van der Waals surface area contributed by atoms with E-state index >= 15 is 0 Å². The van der Waals surface area contributed by atoms with Gasteiger partial charge in [-0.05, 0) is 43.0 Å². The number of fused-ring (bicyclic) bond motifs is 1. The number of benzene rings is 1. The lowest BCUT2D eigenvalue weighted by Gasteiger charge is -2.32. The van der Waals surface area contributed by atoms with E-state index in [-0.39, 0.29) is 34.9 Å². The van der Waals surface area contributed by atoms with Gasteiger partial charge < -0.3 is 15.0 Å². The summed E-state index contributed by atoms with van der Waals surface area (Å²) in [5.41, 5.74) is 0.801. The Morgan fingerprint density at radius 2 is 1.97 bits per heavy atom. The summed E-state index contributed by atoms with van der Waals surface area (Å²) >= 11 is 0. The van der Waals surface area contributed by atoms with E-state index in [0.717, 1.165) is 19.3 Å². The van der Waals surface area contributed by atoms with Crippen LogP contribution in [0.1, 0.15) is 43.3 Å². The predicted octanol–water partition coefficient (Wildman–Crippen LogP) is 4.31. The summed E-state index contributed by atoms with van der Waals surface area (Å²) in [5, 5.41) is 20.3. The molecule has 1 aliphatic carbocycles. The molecule has 184 valence electrons. The van der Waals surface area contributed by atoms with Gasteiger partial charge in [0, 0.05) is 24.5 Å². The first-order valence-corrected chi connectivity index (χ1v) is 11.6. The van der Waals surface area contributed by atoms with E-state index in [1.54, 1.807) is 22.9 Å². The van der Waals surface area contributed by atoms with Crippen molar-refractivity contribution in [3.8, 4) is 6.07 Å². The van der Waals surface area contributed by atoms with E-state index in [1.165, 1.54) is 18.3 Å². The van der Waals surface area contributed by atoms with Crippen molar-refractivity contribution in [2.45, 2.75) is 50.0 Å². The number of alkyl halides is 3. The third-order valence-electron chi connectivity index (χ3n) is 6.78. The fourth-order valence-electron chi connectivity index (χ4n) is 4.64. The second kappa shape index (κ2) is 9.36. The Labute approximate surface area is 199 Å². The van der Waals surface area contributed by atoms with E-state index < -0.39 is 12.2 Å². The summed E-state index contributed by atoms with van der Waals surface area (Å²) < 4.78 is 48.2. The molecule has 0 bridgehead atoms. The summed E-state index contributed by atoms with van der Waals surface area (Å²) in [6, 6.07) is 7.72. The molecule has 11 heteroatoms. The summed E-state index contributed by atoms with van der Waals surface area (Å²) in [4.78, 5) is 15.3. The third-order valence-corrected chi connectivity index (χ3v) is 6.78. The lowest BCUT2D eigenvalue weighted by molar-refractivity contribution is -0.161. The molecule has 3 unspecified atom stereocenters. The van der Waals surface area contributed by atoms with Crippen molar-refractivity contribution < 1.29 is 17.9 Å². The van der Waals surface area contributed by atoms with Crippen molar-refractivity contribution in [3.05, 3.63) is 52.4 Å². The molecule has 0 amide bonds. The first-order chi connectivity index (χ1) is 16.8. The van der Waals surface area contributed by atoms with Crippen LogP contribution in [0, 0.1) is 17.2 Å². The van der Waals surface area contributed by atoms with Crippen molar-refractivity contribution in [1.82, 2.24) is 20.1 Å². The lowest BCUT2D eigenvalue weighted by atomic mass is 9.91. The Hall–Kier alpha value is -3.36. The van der Waals surface area contributed by atoms with Gasteiger partial charge in [0.1, 0.15) is 11.4 Å². The average molecular weight is 486 g/mol. The molecule has 1 saturated carbocycles. The topological polar surface area (TPSA) is 108 Å². The number of ether oxygens (including phenoxy) is 1. The van der Waals surface area contributed by atoms with Crippen molar-refractivity contribution in [2.75, 3.05) is 18.5 Å². The molecule has 35 heavy (non-hydrogen) atoms. The standard InChI is InChI=1S/C24H25F3N6O2/c25-24(26,27)21(30-16-2-1-3-16)14-4-6-17(7-5-14)31-22-20-18(8-10-29-23(20)34)33(32-22)19-13-35-11-9-15(19)12-28/h4-8,10,15-16,19,21,30H,1-3,9,11,13H2,(H,29,34)(H,31,32). The SMILES string of the molecule is N#CC1CCOCC1n1nc(Nc2ccc(C(NC3CCC3)C(F)(F)F)cc2)c2c(=O)[nH]ccc21. The molecule has 8 nitrogen and oxygen atoms in total. The van der Waals surface area contributed by atoms with Crippen LogP contribution >= 0.6 is 0 Å². The number of halogens is 3. The molecule has 3 N–H and O–H groups in total. The Bertz CT molecular complexity index is 1290. The zero-order valence-electron chi connectivity index (χ0n) is 18.8. The quantitative estimate of drug-likeness (QED) is 0.479. The van der Waals surface area contributed by atoms with E-state index in [2.05, 4.69) is 26.8 Å². The number of anilines is 2. The van der Waals surface area contributed by atoms with Gasteiger partial charge in [-0.25, -0.2) is 0 Å². The number of rotatable bonds is 6. The van der Waals surface area contributed by atoms with Crippen molar-refractivity contribution >= 4 is 22.4 Å². The van der Waals surface area contributed by atoms with Crippen LogP contribution in [0.15, 0.2) is 41.3 Å². The van der Waals surface area contributed by atoms with E-state index in [0.29, 0.717) is 36.2 Å². The van der Waals surface area contributed by atoms with Gasteiger partial charge >= 0.3 is 6.18 Å². The molecule has 0 spiro atoms. The summed E-state index contributed by atoms with van der Waals surface area (Å²) in [6.07, 6.45) is 0.0908. The van der Waals surface area contributed by atoms with Crippen LogP contribution < -0.4 is 16.2 Å². The number of H-pyrrole nitrogens is 1. The highest BCUT2D eigenvalue weighted by Crippen LogP contribution is 2.36. The highest BCUT2D eigenvalue weighted by molar-refractivity contribution is 5.91. The Morgan fingerprint density at radius 1 is 1.20 bits per heavy atom. The van der Waals surface area contributed by atoms with Crippen LogP contribution in [-0.2, 0) is 4.74 Å². The van der Waals surface area contributed by atoms with Crippen LogP contribution in [0.25, 0.3) is 10.9 Å². The third kappa shape index (κ3) is 4.63. The molecule has 3 heterocycles. The number of aromatic nitrogens is 3. The molecule has 0 radical (unpaired) electrons. The number of nitrogens with zero attached hydrogens (tertiary/aromatic N) is 3. The molecular formula is C24H25F3N6O2. The second-order valence-corrected chi connectivity index (χ2v) is 9.04. The molecule has 1 aromatic carbocycles. The number of nitriles is 1. The summed E-state index contributed by atoms with van der Waals surface area (Å²) in [5.74, 6) is -0.0578. The number of pyridine rings is 1. The molecular weight excluding hydrogens is 461 g/mol. The highest BCUT2D eigenvalue weighted by Gasteiger charge is 2.42. The molecule has 3 atom stereocenters. The van der Waals surface area contributed by atoms with Crippen molar-refractivity contribution in [1.29, 1.82) is 5.26 Å². The number of nitrogens with one attached hydrogen (secondary N) is 3. The zero-order chi connectivity index (χ0) is 24.6. The normalized spacial score (nSPS) is 21.9. The zero-order valence-corrected chi connectivity index (χ0v) is 18.8. The minimum Gasteiger partial charge on any atom is -0.379 e. The molecule has 5 rings (SSSR count). The van der Waals surface area contributed by atoms with Gasteiger partial charge in [-0.15, -0.1) is 0 Å². The first-order valence-electron chi connectivity index (χ1n) is 11.6. The van der Waals surface area contributed by atoms with Gasteiger partial charge in [0.15, 0.2) is 5.82 Å². The fraction of sp³-hybridized carbons (Fsp3) is 0.458. The molecule has 2 aromatic heterocycles. The van der Waals surface area contributed by atoms with Crippen LogP contribution in [0.5, 0.6) is 0 Å². The Balaban J connectivity index is 1.44. The molecule has 3 aromatic rings. The largest absolute Gasteiger partial charge is 0.407 e. The van der Waals surface area contributed by atoms with Crippen LogP contribution in [0.4, 0.5) is 24.7 Å². The van der Waals surface area contributed by atoms with Gasteiger partial charge in [0.2, 0.25) is 0 Å². The van der Waals surface area contributed by atoms with Gasteiger partial charge in [0.05, 0.1) is 30.2 Å². The number of hydrogen-bond donors (Lipinski definition) is 3. The van der Waals surface area contributed by atoms with Gasteiger partial charge in [-0.3, -0.25) is 14.8 Å². The molecule has 1 aliphatic heterocycles.